The van der Waals surface area contributed by atoms with Gasteiger partial charge in [0.25, 0.3) is 0 Å². The van der Waals surface area contributed by atoms with Crippen LogP contribution in [0.3, 0.4) is 0 Å². The molecule has 0 aromatic heterocycles. The molecule has 3 nitrogen and oxygen atoms in total. The molecule has 1 spiro atoms. The molecule has 4 fully saturated rings. The van der Waals surface area contributed by atoms with Gasteiger partial charge in [0.2, 0.25) is 0 Å². The fourth-order valence-corrected chi connectivity index (χ4v) is 7.02. The van der Waals surface area contributed by atoms with E-state index in [-0.39, 0.29) is 28.1 Å². The molecule has 2 N–H and O–H groups in total. The van der Waals surface area contributed by atoms with Crippen molar-refractivity contribution in [3.8, 4) is 0 Å². The van der Waals surface area contributed by atoms with Crippen LogP contribution in [0.15, 0.2) is 0 Å². The molecule has 1 aliphatic heterocycles. The van der Waals surface area contributed by atoms with Gasteiger partial charge in [-0.3, -0.25) is 0 Å². The van der Waals surface area contributed by atoms with Crippen LogP contribution in [-0.2, 0) is 9.47 Å². The second-order valence-corrected chi connectivity index (χ2v) is 9.54. The van der Waals surface area contributed by atoms with E-state index in [4.69, 9.17) is 15.2 Å². The van der Waals surface area contributed by atoms with E-state index in [0.717, 1.165) is 12.8 Å². The molecule has 1 unspecified atom stereocenters. The molecule has 4 aliphatic rings. The maximum Gasteiger partial charge on any atom is 0.164 e. The summed E-state index contributed by atoms with van der Waals surface area (Å²) in [5.41, 5.74) is 7.23. The summed E-state index contributed by atoms with van der Waals surface area (Å²) in [5, 5.41) is 0. The first-order valence-electron chi connectivity index (χ1n) is 8.65. The van der Waals surface area contributed by atoms with Crippen molar-refractivity contribution in [1.29, 1.82) is 0 Å². The minimum atomic E-state index is -0.463. The number of hydrogen-bond acceptors (Lipinski definition) is 3. The third-order valence-electron chi connectivity index (χ3n) is 8.17. The van der Waals surface area contributed by atoms with Crippen LogP contribution in [0.1, 0.15) is 67.2 Å². The van der Waals surface area contributed by atoms with Crippen LogP contribution in [-0.4, -0.2) is 23.0 Å². The highest BCUT2D eigenvalue weighted by Gasteiger charge is 2.78. The zero-order valence-corrected chi connectivity index (χ0v) is 14.5. The molecule has 0 aromatic rings. The van der Waals surface area contributed by atoms with Crippen LogP contribution in [0.25, 0.3) is 0 Å². The van der Waals surface area contributed by atoms with Crippen molar-refractivity contribution in [2.75, 3.05) is 0 Å². The summed E-state index contributed by atoms with van der Waals surface area (Å²) >= 11 is 0. The Hall–Kier alpha value is -0.120. The fraction of sp³-hybridized carbons (Fsp3) is 1.00. The van der Waals surface area contributed by atoms with Gasteiger partial charge >= 0.3 is 0 Å². The number of ether oxygens (including phenoxy) is 2. The monoisotopic (exact) mass is 293 g/mol. The van der Waals surface area contributed by atoms with Crippen LogP contribution in [0.4, 0.5) is 0 Å². The van der Waals surface area contributed by atoms with Crippen LogP contribution in [0.5, 0.6) is 0 Å². The Morgan fingerprint density at radius 1 is 1.05 bits per heavy atom. The van der Waals surface area contributed by atoms with Gasteiger partial charge in [0.15, 0.2) is 5.79 Å². The Bertz CT molecular complexity index is 497. The molecule has 3 aliphatic carbocycles. The van der Waals surface area contributed by atoms with Crippen molar-refractivity contribution in [2.45, 2.75) is 90.3 Å². The van der Waals surface area contributed by atoms with Gasteiger partial charge in [-0.1, -0.05) is 20.8 Å². The minimum Gasteiger partial charge on any atom is -0.344 e. The summed E-state index contributed by atoms with van der Waals surface area (Å²) in [7, 11) is 0. The van der Waals surface area contributed by atoms with Gasteiger partial charge in [-0.15, -0.1) is 0 Å². The quantitative estimate of drug-likeness (QED) is 0.744. The Balaban J connectivity index is 1.87. The van der Waals surface area contributed by atoms with Crippen LogP contribution in [0.2, 0.25) is 0 Å². The molecule has 3 saturated carbocycles. The summed E-state index contributed by atoms with van der Waals surface area (Å²) in [5.74, 6) is 0.720. The summed E-state index contributed by atoms with van der Waals surface area (Å²) in [4.78, 5) is 0. The highest BCUT2D eigenvalue weighted by molar-refractivity contribution is 5.30. The third-order valence-corrected chi connectivity index (χ3v) is 8.17. The molecule has 1 saturated heterocycles. The highest BCUT2D eigenvalue weighted by atomic mass is 16.8. The van der Waals surface area contributed by atoms with Crippen LogP contribution < -0.4 is 5.73 Å². The average molecular weight is 293 g/mol. The van der Waals surface area contributed by atoms with E-state index in [1.54, 1.807) is 0 Å². The number of nitrogens with two attached hydrogens (primary N) is 1. The fourth-order valence-electron chi connectivity index (χ4n) is 7.02. The first-order chi connectivity index (χ1) is 9.49. The van der Waals surface area contributed by atoms with Gasteiger partial charge in [0.1, 0.15) is 0 Å². The van der Waals surface area contributed by atoms with E-state index in [1.807, 2.05) is 0 Å². The number of hydrogen-bond donors (Lipinski definition) is 1. The lowest BCUT2D eigenvalue weighted by Crippen LogP contribution is -2.58. The summed E-state index contributed by atoms with van der Waals surface area (Å²) < 4.78 is 12.8. The van der Waals surface area contributed by atoms with E-state index >= 15 is 0 Å². The van der Waals surface area contributed by atoms with E-state index in [9.17, 15) is 0 Å². The number of fused-ring (bicyclic) bond motifs is 3. The smallest absolute Gasteiger partial charge is 0.164 e. The highest BCUT2D eigenvalue weighted by Crippen LogP contribution is 2.76. The van der Waals surface area contributed by atoms with E-state index in [2.05, 4.69) is 41.5 Å². The molecule has 0 aromatic carbocycles. The number of rotatable bonds is 0. The Labute approximate surface area is 128 Å². The molecule has 0 radical (unpaired) electrons. The standard InChI is InChI=1S/C18H31NO2/c1-11-7-8-18(19)14(2,3)12-9-17(11,18)10-13-16(12,6)21-15(4,5)20-13/h11-13H,7-10,19H2,1-6H3/t11-,12?,13+,16-,17-,18-/m1/s1. The van der Waals surface area contributed by atoms with Gasteiger partial charge in [-0.2, -0.15) is 0 Å². The molecule has 2 bridgehead atoms. The molecule has 4 rings (SSSR count). The Morgan fingerprint density at radius 3 is 2.38 bits per heavy atom. The predicted molar refractivity (Wildman–Crippen MR) is 82.7 cm³/mol. The molecule has 0 amide bonds. The van der Waals surface area contributed by atoms with Crippen LogP contribution in [0, 0.1) is 22.7 Å². The van der Waals surface area contributed by atoms with Gasteiger partial charge < -0.3 is 15.2 Å². The molecule has 21 heavy (non-hydrogen) atoms. The Kier molecular flexibility index (Phi) is 2.42. The van der Waals surface area contributed by atoms with Crippen molar-refractivity contribution in [2.24, 2.45) is 28.4 Å². The van der Waals surface area contributed by atoms with Crippen molar-refractivity contribution in [1.82, 2.24) is 0 Å². The van der Waals surface area contributed by atoms with Gasteiger partial charge in [0, 0.05) is 5.54 Å². The Morgan fingerprint density at radius 2 is 1.71 bits per heavy atom. The minimum absolute atomic E-state index is 0.0612. The SMILES string of the molecule is C[C@@H]1CC[C@@]2(N)C(C)(C)C3C[C@@]12C[C@@H]1OC(C)(C)O[C@]31C. The summed E-state index contributed by atoms with van der Waals surface area (Å²) in [6.45, 7) is 13.6. The molecule has 6 atom stereocenters. The van der Waals surface area contributed by atoms with Crippen molar-refractivity contribution in [3.05, 3.63) is 0 Å². The van der Waals surface area contributed by atoms with Gasteiger partial charge in [-0.25, -0.2) is 0 Å². The summed E-state index contributed by atoms with van der Waals surface area (Å²) in [6, 6.07) is 0. The average Bonchev–Trinajstić information content (AvgIpc) is 2.79. The molecule has 120 valence electrons. The summed E-state index contributed by atoms with van der Waals surface area (Å²) in [6.07, 6.45) is 4.90. The second kappa shape index (κ2) is 3.52. The second-order valence-electron chi connectivity index (χ2n) is 9.54. The first-order valence-corrected chi connectivity index (χ1v) is 8.65. The molecular formula is C18H31NO2. The first kappa shape index (κ1) is 14.5. The maximum atomic E-state index is 7.13. The molecule has 3 heteroatoms. The van der Waals surface area contributed by atoms with Gasteiger partial charge in [-0.05, 0) is 69.1 Å². The lowest BCUT2D eigenvalue weighted by atomic mass is 9.61. The van der Waals surface area contributed by atoms with E-state index < -0.39 is 5.79 Å². The van der Waals surface area contributed by atoms with Crippen LogP contribution >= 0.6 is 0 Å². The van der Waals surface area contributed by atoms with Crippen molar-refractivity contribution < 1.29 is 9.47 Å². The molecule has 1 heterocycles. The largest absolute Gasteiger partial charge is 0.344 e. The zero-order chi connectivity index (χ0) is 15.5. The van der Waals surface area contributed by atoms with Gasteiger partial charge in [0.05, 0.1) is 11.7 Å². The van der Waals surface area contributed by atoms with E-state index in [0.29, 0.717) is 11.8 Å². The lowest BCUT2D eigenvalue weighted by molar-refractivity contribution is -0.177. The maximum absolute atomic E-state index is 7.13. The predicted octanol–water partition coefficient (Wildman–Crippen LogP) is 3.46. The normalized spacial score (nSPS) is 59.9. The molecular weight excluding hydrogens is 262 g/mol. The third kappa shape index (κ3) is 1.34. The topological polar surface area (TPSA) is 44.5 Å². The van der Waals surface area contributed by atoms with Crippen molar-refractivity contribution in [3.63, 3.8) is 0 Å². The lowest BCUT2D eigenvalue weighted by Gasteiger charge is -2.47. The zero-order valence-electron chi connectivity index (χ0n) is 14.5. The van der Waals surface area contributed by atoms with Crippen molar-refractivity contribution >= 4 is 0 Å². The van der Waals surface area contributed by atoms with E-state index in [1.165, 1.54) is 12.8 Å².